The van der Waals surface area contributed by atoms with Crippen LogP contribution in [0.25, 0.3) is 0 Å². The Morgan fingerprint density at radius 2 is 1.65 bits per heavy atom. The zero-order valence-electron chi connectivity index (χ0n) is 25.5. The predicted octanol–water partition coefficient (Wildman–Crippen LogP) is 3.05. The fourth-order valence-corrected chi connectivity index (χ4v) is 5.94. The molecular formula is C27H46N4O10P2. The van der Waals surface area contributed by atoms with Crippen molar-refractivity contribution in [3.63, 3.8) is 0 Å². The maximum Gasteiger partial charge on any atom is 0.408 e. The second kappa shape index (κ2) is 17.0. The summed E-state index contributed by atoms with van der Waals surface area (Å²) in [7, 11) is -9.11. The Kier molecular flexibility index (Phi) is 15.2. The summed E-state index contributed by atoms with van der Waals surface area (Å²) in [5.41, 5.74) is 0.813. The first-order valence-corrected chi connectivity index (χ1v) is 17.2. The summed E-state index contributed by atoms with van der Waals surface area (Å²) in [4.78, 5) is 73.2. The summed E-state index contributed by atoms with van der Waals surface area (Å²) in [5.74, 6) is -1.27. The van der Waals surface area contributed by atoms with Crippen molar-refractivity contribution in [1.29, 1.82) is 0 Å². The Labute approximate surface area is 253 Å². The van der Waals surface area contributed by atoms with E-state index in [4.69, 9.17) is 4.74 Å². The van der Waals surface area contributed by atoms with Crippen LogP contribution in [0, 0.1) is 17.8 Å². The van der Waals surface area contributed by atoms with Crippen molar-refractivity contribution in [1.82, 2.24) is 15.6 Å². The first-order valence-electron chi connectivity index (χ1n) is 13.9. The topological polar surface area (TPSA) is 215 Å². The lowest BCUT2D eigenvalue weighted by Crippen LogP contribution is -2.46. The molecule has 16 heteroatoms. The minimum Gasteiger partial charge on any atom is -0.445 e. The molecule has 244 valence electrons. The molecule has 0 aromatic heterocycles. The van der Waals surface area contributed by atoms with Gasteiger partial charge in [-0.05, 0) is 30.7 Å². The van der Waals surface area contributed by atoms with Gasteiger partial charge in [-0.15, -0.1) is 0 Å². The first kappa shape index (κ1) is 38.4. The van der Waals surface area contributed by atoms with Crippen molar-refractivity contribution < 1.29 is 47.8 Å². The number of ketones is 1. The van der Waals surface area contributed by atoms with Crippen LogP contribution >= 0.6 is 15.2 Å². The van der Waals surface area contributed by atoms with Gasteiger partial charge in [0.25, 0.3) is 0 Å². The third kappa shape index (κ3) is 12.9. The number of alkyl carbamates (subject to hydrolysis) is 1. The molecule has 1 rings (SSSR count). The van der Waals surface area contributed by atoms with E-state index in [1.165, 1.54) is 18.3 Å². The molecule has 0 fully saturated rings. The van der Waals surface area contributed by atoms with Gasteiger partial charge in [0.2, 0.25) is 5.91 Å². The summed E-state index contributed by atoms with van der Waals surface area (Å²) in [5, 5.41) is 10.3. The van der Waals surface area contributed by atoms with Gasteiger partial charge in [-0.3, -0.25) is 23.7 Å². The lowest BCUT2D eigenvalue weighted by molar-refractivity contribution is -0.123. The number of rotatable bonds is 18. The van der Waals surface area contributed by atoms with Crippen molar-refractivity contribution in [3.8, 4) is 0 Å². The van der Waals surface area contributed by atoms with Crippen LogP contribution in [0.5, 0.6) is 0 Å². The highest BCUT2D eigenvalue weighted by Gasteiger charge is 2.56. The molecule has 0 aliphatic rings. The van der Waals surface area contributed by atoms with E-state index < -0.39 is 44.7 Å². The van der Waals surface area contributed by atoms with Crippen molar-refractivity contribution in [2.24, 2.45) is 22.9 Å². The number of hydrogen-bond acceptors (Lipinski definition) is 8. The van der Waals surface area contributed by atoms with Crippen LogP contribution in [0.1, 0.15) is 59.4 Å². The van der Waals surface area contributed by atoms with Crippen LogP contribution in [0.4, 0.5) is 4.79 Å². The molecule has 0 aliphatic heterocycles. The average molecular weight is 649 g/mol. The van der Waals surface area contributed by atoms with E-state index in [1.807, 2.05) is 58.0 Å². The van der Waals surface area contributed by atoms with Crippen LogP contribution in [0.2, 0.25) is 0 Å². The summed E-state index contributed by atoms with van der Waals surface area (Å²) < 4.78 is 28.7. The van der Waals surface area contributed by atoms with Crippen molar-refractivity contribution in [2.45, 2.75) is 71.4 Å². The number of carbonyl (C=O) groups excluding carboxylic acids is 3. The minimum absolute atomic E-state index is 0.0640. The van der Waals surface area contributed by atoms with E-state index in [0.29, 0.717) is 19.8 Å². The molecular weight excluding hydrogens is 602 g/mol. The quantitative estimate of drug-likeness (QED) is 0.0773. The molecule has 1 aromatic rings. The molecule has 43 heavy (non-hydrogen) atoms. The van der Waals surface area contributed by atoms with E-state index in [-0.39, 0.29) is 43.1 Å². The molecule has 0 saturated heterocycles. The smallest absolute Gasteiger partial charge is 0.408 e. The van der Waals surface area contributed by atoms with Crippen LogP contribution in [0.3, 0.4) is 0 Å². The number of hydrazone groups is 1. The maximum absolute atomic E-state index is 13.4. The van der Waals surface area contributed by atoms with Crippen LogP contribution in [-0.4, -0.2) is 79.7 Å². The number of likely N-dealkylation sites (N-methyl/N-ethyl adjacent to an activating group) is 1. The van der Waals surface area contributed by atoms with Gasteiger partial charge >= 0.3 is 21.3 Å². The fraction of sp³-hybridized carbons (Fsp3) is 0.630. The number of amides is 2. The van der Waals surface area contributed by atoms with E-state index >= 15 is 0 Å². The Bertz CT molecular complexity index is 1160. The number of carbonyl (C=O) groups is 3. The summed E-state index contributed by atoms with van der Waals surface area (Å²) in [6.07, 6.45) is 2.12. The van der Waals surface area contributed by atoms with Gasteiger partial charge in [0.15, 0.2) is 10.7 Å². The molecule has 6 N–H and O–H groups in total. The molecule has 0 spiro atoms. The largest absolute Gasteiger partial charge is 0.445 e. The second-order valence-electron chi connectivity index (χ2n) is 11.3. The standard InChI is InChI=1S/C27H46N4O10P2/c1-7-20(4)25(30-26(34)41-17-21-11-9-8-10-12-21)23(32)14-22(13-19(2)3)15-29-31(6)16-24(33)28-18-27(5,42(35,36)37)43(38,39)40/h8-12,15,19-20,22,25H,7,13-14,16-18H2,1-6H3,(H,28,33)(H,30,34)(H2,35,36,37)(H2,38,39,40)/b29-15+/t20-,22+,25-/m0/s1. The summed E-state index contributed by atoms with van der Waals surface area (Å²) in [6.45, 7) is 7.16. The number of Topliss-reactive ketones (excluding diaryl/α,β-unsaturated/α-hetero) is 1. The summed E-state index contributed by atoms with van der Waals surface area (Å²) in [6, 6.07) is 8.38. The zero-order chi connectivity index (χ0) is 33.0. The molecule has 0 heterocycles. The van der Waals surface area contributed by atoms with Gasteiger partial charge in [-0.25, -0.2) is 4.79 Å². The molecule has 0 unspecified atom stereocenters. The van der Waals surface area contributed by atoms with E-state index in [9.17, 15) is 43.1 Å². The van der Waals surface area contributed by atoms with Crippen LogP contribution < -0.4 is 10.6 Å². The highest BCUT2D eigenvalue weighted by atomic mass is 31.2. The Morgan fingerprint density at radius 3 is 2.16 bits per heavy atom. The fourth-order valence-electron chi connectivity index (χ4n) is 4.01. The van der Waals surface area contributed by atoms with Gasteiger partial charge in [0.1, 0.15) is 13.2 Å². The molecule has 0 radical (unpaired) electrons. The molecule has 3 atom stereocenters. The highest BCUT2D eigenvalue weighted by Crippen LogP contribution is 2.68. The monoisotopic (exact) mass is 648 g/mol. The number of nitrogens with one attached hydrogen (secondary N) is 2. The Hall–Kier alpha value is -2.60. The minimum atomic E-state index is -5.29. The maximum atomic E-state index is 13.4. The van der Waals surface area contributed by atoms with Crippen molar-refractivity contribution in [3.05, 3.63) is 35.9 Å². The van der Waals surface area contributed by atoms with Gasteiger partial charge in [-0.2, -0.15) is 5.10 Å². The lowest BCUT2D eigenvalue weighted by Gasteiger charge is -2.31. The van der Waals surface area contributed by atoms with Crippen LogP contribution in [-0.2, 0) is 30.1 Å². The Morgan fingerprint density at radius 1 is 1.07 bits per heavy atom. The normalized spacial score (nSPS) is 14.7. The number of hydrogen-bond donors (Lipinski definition) is 6. The number of ether oxygens (including phenoxy) is 1. The lowest BCUT2D eigenvalue weighted by atomic mass is 9.87. The van der Waals surface area contributed by atoms with E-state index in [2.05, 4.69) is 15.7 Å². The van der Waals surface area contributed by atoms with Gasteiger partial charge in [0, 0.05) is 32.1 Å². The second-order valence-corrected chi connectivity index (χ2v) is 15.8. The molecule has 2 amide bonds. The third-order valence-electron chi connectivity index (χ3n) is 7.01. The van der Waals surface area contributed by atoms with Crippen LogP contribution in [0.15, 0.2) is 35.4 Å². The van der Waals surface area contributed by atoms with Gasteiger partial charge in [-0.1, -0.05) is 64.4 Å². The first-order chi connectivity index (χ1) is 19.8. The van der Waals surface area contributed by atoms with E-state index in [1.54, 1.807) is 0 Å². The van der Waals surface area contributed by atoms with Crippen molar-refractivity contribution >= 4 is 39.2 Å². The zero-order valence-corrected chi connectivity index (χ0v) is 27.3. The molecule has 0 saturated carbocycles. The highest BCUT2D eigenvalue weighted by molar-refractivity contribution is 7.72. The van der Waals surface area contributed by atoms with Crippen molar-refractivity contribution in [2.75, 3.05) is 20.1 Å². The SMILES string of the molecule is CC[C@H](C)[C@H](NC(=O)OCc1ccccc1)C(=O)C[C@H](/C=N/N(C)CC(=O)NCC(C)(P(=O)(O)O)P(=O)(O)O)CC(C)C. The third-order valence-corrected chi connectivity index (χ3v) is 11.4. The molecule has 0 bridgehead atoms. The number of benzene rings is 1. The Balaban J connectivity index is 2.86. The van der Waals surface area contributed by atoms with Gasteiger partial charge in [0.05, 0.1) is 6.04 Å². The average Bonchev–Trinajstić information content (AvgIpc) is 2.90. The molecule has 14 nitrogen and oxygen atoms in total. The predicted molar refractivity (Wildman–Crippen MR) is 162 cm³/mol. The van der Waals surface area contributed by atoms with E-state index in [0.717, 1.165) is 5.56 Å². The number of nitrogens with zero attached hydrogens (tertiary/aromatic N) is 2. The molecule has 1 aromatic carbocycles. The summed E-state index contributed by atoms with van der Waals surface area (Å²) >= 11 is 0. The van der Waals surface area contributed by atoms with Gasteiger partial charge < -0.3 is 34.9 Å². The molecule has 0 aliphatic carbocycles.